The Morgan fingerprint density at radius 3 is 2.52 bits per heavy atom. The number of likely N-dealkylation sites (tertiary alicyclic amines) is 1. The summed E-state index contributed by atoms with van der Waals surface area (Å²) in [5.74, 6) is 0. The third-order valence-corrected chi connectivity index (χ3v) is 7.58. The van der Waals surface area contributed by atoms with Gasteiger partial charge in [0.1, 0.15) is 5.01 Å². The van der Waals surface area contributed by atoms with Crippen molar-refractivity contribution < 1.29 is 0 Å². The van der Waals surface area contributed by atoms with Crippen LogP contribution in [0.4, 0.5) is 5.69 Å². The Labute approximate surface area is 190 Å². The van der Waals surface area contributed by atoms with E-state index in [9.17, 15) is 0 Å². The zero-order chi connectivity index (χ0) is 21.0. The predicted molar refractivity (Wildman–Crippen MR) is 131 cm³/mol. The number of para-hydroxylation sites is 1. The number of nitrogens with zero attached hydrogens (tertiary/aromatic N) is 4. The van der Waals surface area contributed by atoms with Crippen LogP contribution in [0.25, 0.3) is 11.3 Å². The Kier molecular flexibility index (Phi) is 6.35. The summed E-state index contributed by atoms with van der Waals surface area (Å²) >= 11 is 1.80. The van der Waals surface area contributed by atoms with E-state index >= 15 is 0 Å². The van der Waals surface area contributed by atoms with Gasteiger partial charge in [-0.1, -0.05) is 48.5 Å². The molecule has 2 fully saturated rings. The summed E-state index contributed by atoms with van der Waals surface area (Å²) in [5.41, 5.74) is 5.12. The number of piperidine rings is 1. The molecule has 5 heteroatoms. The summed E-state index contributed by atoms with van der Waals surface area (Å²) in [4.78, 5) is 12.8. The van der Waals surface area contributed by atoms with E-state index < -0.39 is 0 Å². The molecule has 162 valence electrons. The molecule has 3 aromatic rings. The highest BCUT2D eigenvalue weighted by Gasteiger charge is 2.28. The second-order valence-corrected chi connectivity index (χ2v) is 9.78. The highest BCUT2D eigenvalue weighted by Crippen LogP contribution is 2.26. The van der Waals surface area contributed by atoms with Gasteiger partial charge in [0.05, 0.1) is 12.2 Å². The van der Waals surface area contributed by atoms with E-state index in [1.54, 1.807) is 11.3 Å². The number of thiazole rings is 1. The number of anilines is 1. The van der Waals surface area contributed by atoms with E-state index in [1.807, 2.05) is 0 Å². The summed E-state index contributed by atoms with van der Waals surface area (Å²) in [7, 11) is 0. The maximum Gasteiger partial charge on any atom is 0.107 e. The molecule has 4 nitrogen and oxygen atoms in total. The van der Waals surface area contributed by atoms with E-state index in [4.69, 9.17) is 4.98 Å². The molecule has 0 radical (unpaired) electrons. The average Bonchev–Trinajstić information content (AvgIpc) is 3.29. The van der Waals surface area contributed by atoms with Crippen LogP contribution in [0, 0.1) is 6.92 Å². The molecular weight excluding hydrogens is 400 g/mol. The number of aryl methyl sites for hydroxylation is 1. The lowest BCUT2D eigenvalue weighted by atomic mass is 10.0. The first kappa shape index (κ1) is 20.7. The molecule has 2 aromatic carbocycles. The minimum atomic E-state index is 0.682. The Morgan fingerprint density at radius 2 is 1.71 bits per heavy atom. The molecule has 0 saturated carbocycles. The number of aromatic nitrogens is 1. The first-order valence-corrected chi connectivity index (χ1v) is 12.4. The Morgan fingerprint density at radius 1 is 0.935 bits per heavy atom. The topological polar surface area (TPSA) is 22.6 Å². The standard InChI is InChI=1S/C26H32N4S/c1-21-8-5-6-12-25(21)30-16-14-29(15-17-30)23-11-7-13-28(18-23)19-26-27-24(20-31-26)22-9-3-2-4-10-22/h2-6,8-10,12,20,23H,7,11,13-19H2,1H3/t23-/m0/s1. The summed E-state index contributed by atoms with van der Waals surface area (Å²) in [6.45, 7) is 10.2. The predicted octanol–water partition coefficient (Wildman–Crippen LogP) is 4.91. The fourth-order valence-corrected chi connectivity index (χ4v) is 5.88. The van der Waals surface area contributed by atoms with Crippen LogP contribution >= 0.6 is 11.3 Å². The van der Waals surface area contributed by atoms with Crippen molar-refractivity contribution in [1.29, 1.82) is 0 Å². The summed E-state index contributed by atoms with van der Waals surface area (Å²) in [6, 6.07) is 20.0. The fraction of sp³-hybridized carbons (Fsp3) is 0.423. The first-order valence-electron chi connectivity index (χ1n) is 11.5. The van der Waals surface area contributed by atoms with Gasteiger partial charge < -0.3 is 4.90 Å². The monoisotopic (exact) mass is 432 g/mol. The van der Waals surface area contributed by atoms with Crippen molar-refractivity contribution in [3.8, 4) is 11.3 Å². The maximum atomic E-state index is 4.92. The van der Waals surface area contributed by atoms with Crippen molar-refractivity contribution in [1.82, 2.24) is 14.8 Å². The van der Waals surface area contributed by atoms with Crippen LogP contribution in [0.1, 0.15) is 23.4 Å². The van der Waals surface area contributed by atoms with Gasteiger partial charge in [0.25, 0.3) is 0 Å². The van der Waals surface area contributed by atoms with E-state index in [-0.39, 0.29) is 0 Å². The Balaban J connectivity index is 1.16. The van der Waals surface area contributed by atoms with E-state index in [0.29, 0.717) is 6.04 Å². The highest BCUT2D eigenvalue weighted by molar-refractivity contribution is 7.09. The quantitative estimate of drug-likeness (QED) is 0.572. The number of benzene rings is 2. The van der Waals surface area contributed by atoms with Crippen molar-refractivity contribution in [2.45, 2.75) is 32.4 Å². The molecule has 2 saturated heterocycles. The van der Waals surface area contributed by atoms with Gasteiger partial charge in [0.15, 0.2) is 0 Å². The number of hydrogen-bond donors (Lipinski definition) is 0. The van der Waals surface area contributed by atoms with Gasteiger partial charge in [-0.25, -0.2) is 4.98 Å². The Bertz CT molecular complexity index is 978. The molecule has 1 atom stereocenters. The molecule has 0 amide bonds. The summed E-state index contributed by atoms with van der Waals surface area (Å²) < 4.78 is 0. The van der Waals surface area contributed by atoms with Crippen LogP contribution < -0.4 is 4.90 Å². The van der Waals surface area contributed by atoms with E-state index in [0.717, 1.165) is 25.3 Å². The minimum Gasteiger partial charge on any atom is -0.369 e. The minimum absolute atomic E-state index is 0.682. The van der Waals surface area contributed by atoms with Crippen LogP contribution in [-0.2, 0) is 6.54 Å². The number of hydrogen-bond acceptors (Lipinski definition) is 5. The van der Waals surface area contributed by atoms with Gasteiger partial charge in [-0.2, -0.15) is 0 Å². The van der Waals surface area contributed by atoms with Crippen LogP contribution in [-0.4, -0.2) is 60.1 Å². The van der Waals surface area contributed by atoms with Crippen LogP contribution in [0.3, 0.4) is 0 Å². The normalized spacial score (nSPS) is 20.8. The van der Waals surface area contributed by atoms with Gasteiger partial charge in [0.2, 0.25) is 0 Å². The largest absolute Gasteiger partial charge is 0.369 e. The second-order valence-electron chi connectivity index (χ2n) is 8.83. The first-order chi connectivity index (χ1) is 15.3. The molecule has 0 unspecified atom stereocenters. The summed E-state index contributed by atoms with van der Waals surface area (Å²) in [6.07, 6.45) is 2.62. The fourth-order valence-electron chi connectivity index (χ4n) is 5.04. The highest BCUT2D eigenvalue weighted by atomic mass is 32.1. The maximum absolute atomic E-state index is 4.92. The second kappa shape index (κ2) is 9.51. The zero-order valence-corrected chi connectivity index (χ0v) is 19.2. The van der Waals surface area contributed by atoms with Gasteiger partial charge in [-0.05, 0) is 37.9 Å². The van der Waals surface area contributed by atoms with Crippen LogP contribution in [0.5, 0.6) is 0 Å². The molecule has 0 bridgehead atoms. The van der Waals surface area contributed by atoms with Gasteiger partial charge in [0, 0.05) is 55.4 Å². The molecule has 0 N–H and O–H groups in total. The lowest BCUT2D eigenvalue weighted by Gasteiger charge is -2.44. The molecule has 1 aromatic heterocycles. The third kappa shape index (κ3) is 4.84. The molecule has 5 rings (SSSR count). The van der Waals surface area contributed by atoms with Gasteiger partial charge in [-0.3, -0.25) is 9.80 Å². The Hall–Kier alpha value is -2.21. The van der Waals surface area contributed by atoms with E-state index in [2.05, 4.69) is 81.6 Å². The molecule has 0 aliphatic carbocycles. The van der Waals surface area contributed by atoms with Crippen molar-refractivity contribution in [3.05, 3.63) is 70.5 Å². The summed E-state index contributed by atoms with van der Waals surface area (Å²) in [5, 5.41) is 3.44. The van der Waals surface area contributed by atoms with Crippen molar-refractivity contribution in [2.75, 3.05) is 44.2 Å². The van der Waals surface area contributed by atoms with E-state index in [1.165, 1.54) is 60.8 Å². The number of rotatable bonds is 5. The molecule has 2 aliphatic heterocycles. The average molecular weight is 433 g/mol. The van der Waals surface area contributed by atoms with Crippen LogP contribution in [0.2, 0.25) is 0 Å². The van der Waals surface area contributed by atoms with Crippen LogP contribution in [0.15, 0.2) is 60.0 Å². The lowest BCUT2D eigenvalue weighted by molar-refractivity contribution is 0.0887. The zero-order valence-electron chi connectivity index (χ0n) is 18.4. The third-order valence-electron chi connectivity index (χ3n) is 6.75. The lowest BCUT2D eigenvalue weighted by Crippen LogP contribution is -2.55. The molecule has 0 spiro atoms. The van der Waals surface area contributed by atoms with Crippen molar-refractivity contribution in [2.24, 2.45) is 0 Å². The number of piperazine rings is 1. The smallest absolute Gasteiger partial charge is 0.107 e. The SMILES string of the molecule is Cc1ccccc1N1CCN([C@H]2CCCN(Cc3nc(-c4ccccc4)cs3)C2)CC1. The molecule has 2 aliphatic rings. The van der Waals surface area contributed by atoms with Gasteiger partial charge in [-0.15, -0.1) is 11.3 Å². The molecular formula is C26H32N4S. The van der Waals surface area contributed by atoms with Gasteiger partial charge >= 0.3 is 0 Å². The molecule has 31 heavy (non-hydrogen) atoms. The van der Waals surface area contributed by atoms with Crippen molar-refractivity contribution in [3.63, 3.8) is 0 Å². The van der Waals surface area contributed by atoms with Crippen molar-refractivity contribution >= 4 is 17.0 Å². The molecule has 3 heterocycles.